The van der Waals surface area contributed by atoms with Crippen LogP contribution in [0, 0.1) is 22.7 Å². The fraction of sp³-hybridized carbons (Fsp3) is 0.0833. The molecule has 0 saturated carbocycles. The van der Waals surface area contributed by atoms with Crippen LogP contribution in [0.4, 0.5) is 0 Å². The van der Waals surface area contributed by atoms with E-state index >= 15 is 0 Å². The van der Waals surface area contributed by atoms with Crippen molar-refractivity contribution in [3.05, 3.63) is 92.4 Å². The average molecular weight is 480 g/mol. The molecule has 6 heteroatoms. The van der Waals surface area contributed by atoms with E-state index in [9.17, 15) is 5.26 Å². The minimum Gasteiger partial charge on any atom is -0.493 e. The minimum atomic E-state index is 0.353. The lowest BCUT2D eigenvalue weighted by Crippen LogP contribution is -1.99. The van der Waals surface area contributed by atoms with E-state index in [1.807, 2.05) is 30.3 Å². The van der Waals surface area contributed by atoms with Gasteiger partial charge in [0.2, 0.25) is 0 Å². The zero-order valence-electron chi connectivity index (χ0n) is 16.0. The summed E-state index contributed by atoms with van der Waals surface area (Å²) in [5.74, 6) is 1.10. The minimum absolute atomic E-state index is 0.353. The third-order valence-electron chi connectivity index (χ3n) is 4.28. The highest BCUT2D eigenvalue weighted by Crippen LogP contribution is 2.38. The molecule has 148 valence electrons. The molecule has 0 radical (unpaired) electrons. The molecular weight excluding hydrogens is 464 g/mol. The standard InChI is InChI=1S/C24H16BrClN2O2/c1-29-23-12-18(10-20(14-28)19-4-2-3-17(9-19)13-27)11-22(25)24(23)30-15-16-5-7-21(26)8-6-16/h2-12H,15H2,1H3/b20-10-. The van der Waals surface area contributed by atoms with Gasteiger partial charge in [-0.3, -0.25) is 0 Å². The van der Waals surface area contributed by atoms with Gasteiger partial charge < -0.3 is 9.47 Å². The van der Waals surface area contributed by atoms with E-state index < -0.39 is 0 Å². The molecule has 0 N–H and O–H groups in total. The number of hydrogen-bond donors (Lipinski definition) is 0. The van der Waals surface area contributed by atoms with Gasteiger partial charge in [-0.05, 0) is 75.1 Å². The fourth-order valence-electron chi connectivity index (χ4n) is 2.80. The van der Waals surface area contributed by atoms with E-state index in [0.717, 1.165) is 11.1 Å². The van der Waals surface area contributed by atoms with Gasteiger partial charge in [-0.1, -0.05) is 35.9 Å². The Morgan fingerprint density at radius 1 is 1.10 bits per heavy atom. The third-order valence-corrected chi connectivity index (χ3v) is 5.12. The number of rotatable bonds is 6. The molecule has 0 saturated heterocycles. The third kappa shape index (κ3) is 5.21. The maximum Gasteiger partial charge on any atom is 0.175 e. The first-order valence-corrected chi connectivity index (χ1v) is 10.1. The molecule has 30 heavy (non-hydrogen) atoms. The van der Waals surface area contributed by atoms with E-state index in [4.69, 9.17) is 26.3 Å². The highest BCUT2D eigenvalue weighted by molar-refractivity contribution is 9.10. The predicted octanol–water partition coefficient (Wildman–Crippen LogP) is 6.63. The number of methoxy groups -OCH3 is 1. The Bertz CT molecular complexity index is 1180. The molecule has 0 unspecified atom stereocenters. The Morgan fingerprint density at radius 2 is 1.87 bits per heavy atom. The zero-order chi connectivity index (χ0) is 21.5. The lowest BCUT2D eigenvalue weighted by molar-refractivity contribution is 0.282. The van der Waals surface area contributed by atoms with Gasteiger partial charge in [0.05, 0.1) is 34.9 Å². The summed E-state index contributed by atoms with van der Waals surface area (Å²) in [7, 11) is 1.56. The summed E-state index contributed by atoms with van der Waals surface area (Å²) in [4.78, 5) is 0. The van der Waals surface area contributed by atoms with Crippen LogP contribution in [0.2, 0.25) is 5.02 Å². The maximum atomic E-state index is 9.61. The van der Waals surface area contributed by atoms with Gasteiger partial charge in [-0.2, -0.15) is 10.5 Å². The second-order valence-electron chi connectivity index (χ2n) is 6.31. The topological polar surface area (TPSA) is 66.0 Å². The first-order chi connectivity index (χ1) is 14.5. The van der Waals surface area contributed by atoms with Crippen molar-refractivity contribution in [1.82, 2.24) is 0 Å². The summed E-state index contributed by atoms with van der Waals surface area (Å²) >= 11 is 9.45. The van der Waals surface area contributed by atoms with Gasteiger partial charge in [0.25, 0.3) is 0 Å². The van der Waals surface area contributed by atoms with Gasteiger partial charge in [-0.25, -0.2) is 0 Å². The number of nitriles is 2. The van der Waals surface area contributed by atoms with Gasteiger partial charge in [0.15, 0.2) is 11.5 Å². The molecule has 0 atom stereocenters. The first-order valence-electron chi connectivity index (χ1n) is 8.91. The van der Waals surface area contributed by atoms with Crippen molar-refractivity contribution in [2.45, 2.75) is 6.61 Å². The summed E-state index contributed by atoms with van der Waals surface area (Å²) < 4.78 is 12.1. The van der Waals surface area contributed by atoms with Crippen molar-refractivity contribution in [3.8, 4) is 23.6 Å². The average Bonchev–Trinajstić information content (AvgIpc) is 2.77. The number of hydrogen-bond acceptors (Lipinski definition) is 4. The smallest absolute Gasteiger partial charge is 0.175 e. The van der Waals surface area contributed by atoms with Crippen molar-refractivity contribution >= 4 is 39.2 Å². The SMILES string of the molecule is COc1cc(/C=C(/C#N)c2cccc(C#N)c2)cc(Br)c1OCc1ccc(Cl)cc1. The highest BCUT2D eigenvalue weighted by atomic mass is 79.9. The van der Waals surface area contributed by atoms with Crippen LogP contribution in [-0.2, 0) is 6.61 Å². The summed E-state index contributed by atoms with van der Waals surface area (Å²) in [6.07, 6.45) is 1.74. The zero-order valence-corrected chi connectivity index (χ0v) is 18.4. The fourth-order valence-corrected chi connectivity index (χ4v) is 3.50. The van der Waals surface area contributed by atoms with Crippen molar-refractivity contribution in [3.63, 3.8) is 0 Å². The lowest BCUT2D eigenvalue weighted by atomic mass is 10.0. The van der Waals surface area contributed by atoms with E-state index in [-0.39, 0.29) is 0 Å². The van der Waals surface area contributed by atoms with Gasteiger partial charge in [0.1, 0.15) is 6.61 Å². The number of halogens is 2. The molecule has 0 aliphatic carbocycles. The van der Waals surface area contributed by atoms with Crippen LogP contribution in [-0.4, -0.2) is 7.11 Å². The first kappa shape index (κ1) is 21.5. The summed E-state index contributed by atoms with van der Waals surface area (Å²) in [5, 5.41) is 19.4. The number of benzene rings is 3. The summed E-state index contributed by atoms with van der Waals surface area (Å²) in [5.41, 5.74) is 3.35. The lowest BCUT2D eigenvalue weighted by Gasteiger charge is -2.14. The molecule has 3 rings (SSSR count). The Hall–Kier alpha value is -3.25. The Kier molecular flexibility index (Phi) is 7.14. The van der Waals surface area contributed by atoms with Crippen molar-refractivity contribution in [1.29, 1.82) is 10.5 Å². The summed E-state index contributed by atoms with van der Waals surface area (Å²) in [6, 6.07) is 22.3. The Labute approximate surface area is 188 Å². The second-order valence-corrected chi connectivity index (χ2v) is 7.60. The van der Waals surface area contributed by atoms with Crippen molar-refractivity contribution in [2.24, 2.45) is 0 Å². The molecule has 3 aromatic rings. The van der Waals surface area contributed by atoms with Crippen molar-refractivity contribution < 1.29 is 9.47 Å². The molecule has 0 fully saturated rings. The molecule has 0 bridgehead atoms. The molecular formula is C24H16BrClN2O2. The normalized spacial score (nSPS) is 10.8. The highest BCUT2D eigenvalue weighted by Gasteiger charge is 2.12. The van der Waals surface area contributed by atoms with Crippen LogP contribution < -0.4 is 9.47 Å². The van der Waals surface area contributed by atoms with Crippen LogP contribution in [0.15, 0.2) is 65.1 Å². The molecule has 0 heterocycles. The van der Waals surface area contributed by atoms with Crippen LogP contribution in [0.3, 0.4) is 0 Å². The summed E-state index contributed by atoms with van der Waals surface area (Å²) in [6.45, 7) is 0.353. The molecule has 0 amide bonds. The Balaban J connectivity index is 1.90. The van der Waals surface area contributed by atoms with Crippen LogP contribution >= 0.6 is 27.5 Å². The second kappa shape index (κ2) is 9.98. The quantitative estimate of drug-likeness (QED) is 0.294. The monoisotopic (exact) mass is 478 g/mol. The largest absolute Gasteiger partial charge is 0.493 e. The van der Waals surface area contributed by atoms with E-state index in [1.165, 1.54) is 0 Å². The molecule has 0 spiro atoms. The van der Waals surface area contributed by atoms with Crippen LogP contribution in [0.5, 0.6) is 11.5 Å². The number of ether oxygens (including phenoxy) is 2. The van der Waals surface area contributed by atoms with Gasteiger partial charge >= 0.3 is 0 Å². The van der Waals surface area contributed by atoms with Crippen molar-refractivity contribution in [2.75, 3.05) is 7.11 Å². The van der Waals surface area contributed by atoms with Crippen LogP contribution in [0.25, 0.3) is 11.6 Å². The predicted molar refractivity (Wildman–Crippen MR) is 121 cm³/mol. The number of allylic oxidation sites excluding steroid dienone is 1. The number of nitrogens with zero attached hydrogens (tertiary/aromatic N) is 2. The van der Waals surface area contributed by atoms with Gasteiger partial charge in [0, 0.05) is 5.02 Å². The van der Waals surface area contributed by atoms with Crippen LogP contribution in [0.1, 0.15) is 22.3 Å². The van der Waals surface area contributed by atoms with E-state index in [2.05, 4.69) is 28.1 Å². The van der Waals surface area contributed by atoms with Gasteiger partial charge in [-0.15, -0.1) is 0 Å². The van der Waals surface area contributed by atoms with E-state index in [1.54, 1.807) is 43.5 Å². The molecule has 4 nitrogen and oxygen atoms in total. The van der Waals surface area contributed by atoms with E-state index in [0.29, 0.717) is 44.3 Å². The molecule has 0 aliphatic heterocycles. The molecule has 0 aliphatic rings. The molecule has 3 aromatic carbocycles. The Morgan fingerprint density at radius 3 is 2.53 bits per heavy atom. The molecule has 0 aromatic heterocycles. The maximum absolute atomic E-state index is 9.61.